The van der Waals surface area contributed by atoms with Crippen molar-refractivity contribution in [1.82, 2.24) is 15.3 Å². The number of nitrogens with one attached hydrogen (secondary N) is 1. The molecule has 0 bridgehead atoms. The first-order chi connectivity index (χ1) is 20.2. The van der Waals surface area contributed by atoms with E-state index in [9.17, 15) is 18.0 Å². The molecule has 1 amide bonds. The van der Waals surface area contributed by atoms with E-state index in [4.69, 9.17) is 9.47 Å². The molecule has 224 valence electrons. The van der Waals surface area contributed by atoms with Crippen molar-refractivity contribution in [3.05, 3.63) is 71.5 Å². The van der Waals surface area contributed by atoms with E-state index >= 15 is 0 Å². The van der Waals surface area contributed by atoms with Gasteiger partial charge in [-0.15, -0.1) is 0 Å². The van der Waals surface area contributed by atoms with Gasteiger partial charge in [0, 0.05) is 25.5 Å². The van der Waals surface area contributed by atoms with Crippen molar-refractivity contribution in [1.29, 1.82) is 0 Å². The highest BCUT2D eigenvalue weighted by molar-refractivity contribution is 7.91. The van der Waals surface area contributed by atoms with Crippen LogP contribution in [0.4, 0.5) is 5.95 Å². The predicted molar refractivity (Wildman–Crippen MR) is 157 cm³/mol. The summed E-state index contributed by atoms with van der Waals surface area (Å²) in [7, 11) is -2.42. The van der Waals surface area contributed by atoms with E-state index in [2.05, 4.69) is 20.0 Å². The first kappa shape index (κ1) is 30.8. The lowest BCUT2D eigenvalue weighted by Gasteiger charge is -2.33. The fraction of sp³-hybridized carbons (Fsp3) is 0.400. The van der Waals surface area contributed by atoms with Crippen LogP contribution in [0.2, 0.25) is 0 Å². The molecule has 12 heteroatoms. The van der Waals surface area contributed by atoms with Crippen molar-refractivity contribution in [2.45, 2.75) is 50.7 Å². The minimum Gasteiger partial charge on any atom is -0.490 e. The number of hydrogen-bond donors (Lipinski definition) is 1. The molecule has 1 N–H and O–H groups in total. The average Bonchev–Trinajstić information content (AvgIpc) is 3.00. The molecule has 1 unspecified atom stereocenters. The van der Waals surface area contributed by atoms with Crippen molar-refractivity contribution >= 4 is 27.7 Å². The zero-order valence-electron chi connectivity index (χ0n) is 24.0. The number of hydrogen-bond acceptors (Lipinski definition) is 10. The van der Waals surface area contributed by atoms with Crippen molar-refractivity contribution in [3.63, 3.8) is 0 Å². The Bertz CT molecular complexity index is 1500. The molecule has 0 aliphatic carbocycles. The maximum Gasteiger partial charge on any atom is 0.306 e. The number of methoxy groups -OCH3 is 1. The largest absolute Gasteiger partial charge is 0.490 e. The second kappa shape index (κ2) is 14.1. The third-order valence-corrected chi connectivity index (χ3v) is 8.63. The molecule has 1 aromatic heterocycles. The number of anilines is 1. The number of piperidine rings is 1. The Morgan fingerprint density at radius 1 is 1.10 bits per heavy atom. The van der Waals surface area contributed by atoms with Gasteiger partial charge in [-0.3, -0.25) is 9.59 Å². The molecular formula is C30H36N4O7S. The summed E-state index contributed by atoms with van der Waals surface area (Å²) in [5.41, 5.74) is 1.78. The number of sulfone groups is 1. The topological polar surface area (TPSA) is 137 Å². The number of amides is 1. The van der Waals surface area contributed by atoms with Gasteiger partial charge in [0.25, 0.3) is 5.91 Å². The Balaban J connectivity index is 1.32. The van der Waals surface area contributed by atoms with Crippen LogP contribution in [0.1, 0.15) is 47.7 Å². The van der Waals surface area contributed by atoms with Crippen LogP contribution in [0.15, 0.2) is 59.8 Å². The smallest absolute Gasteiger partial charge is 0.306 e. The summed E-state index contributed by atoms with van der Waals surface area (Å²) in [6, 6.07) is 12.3. The summed E-state index contributed by atoms with van der Waals surface area (Å²) < 4.78 is 41.5. The number of aromatic nitrogens is 2. The number of esters is 1. The van der Waals surface area contributed by atoms with Crippen LogP contribution in [0.5, 0.6) is 11.5 Å². The number of carbonyl (C=O) groups excluding carboxylic acids is 2. The molecule has 0 saturated carbocycles. The van der Waals surface area contributed by atoms with Crippen LogP contribution >= 0.6 is 0 Å². The molecule has 11 nitrogen and oxygen atoms in total. The Morgan fingerprint density at radius 2 is 1.83 bits per heavy atom. The van der Waals surface area contributed by atoms with Gasteiger partial charge in [0.15, 0.2) is 21.3 Å². The molecule has 2 heterocycles. The van der Waals surface area contributed by atoms with Crippen molar-refractivity contribution in [2.24, 2.45) is 0 Å². The monoisotopic (exact) mass is 596 g/mol. The fourth-order valence-electron chi connectivity index (χ4n) is 4.59. The lowest BCUT2D eigenvalue weighted by atomic mass is 10.1. The van der Waals surface area contributed by atoms with Gasteiger partial charge in [0.05, 0.1) is 42.9 Å². The number of para-hydroxylation sites is 2. The number of rotatable bonds is 12. The number of nitrogens with zero attached hydrogens (tertiary/aromatic N) is 3. The quantitative estimate of drug-likeness (QED) is 0.309. The van der Waals surface area contributed by atoms with Crippen molar-refractivity contribution < 1.29 is 32.2 Å². The lowest BCUT2D eigenvalue weighted by Crippen LogP contribution is -2.42. The summed E-state index contributed by atoms with van der Waals surface area (Å²) in [4.78, 5) is 35.1. The Labute approximate surface area is 246 Å². The third-order valence-electron chi connectivity index (χ3n) is 6.92. The lowest BCUT2D eigenvalue weighted by molar-refractivity contribution is -0.140. The third kappa shape index (κ3) is 7.96. The highest BCUT2D eigenvalue weighted by atomic mass is 32.2. The molecule has 42 heavy (non-hydrogen) atoms. The van der Waals surface area contributed by atoms with Crippen LogP contribution in [-0.2, 0) is 25.9 Å². The molecule has 3 aromatic rings. The molecule has 4 rings (SSSR count). The minimum absolute atomic E-state index is 0.0515. The van der Waals surface area contributed by atoms with Gasteiger partial charge in [0.2, 0.25) is 5.95 Å². The second-order valence-corrected chi connectivity index (χ2v) is 12.0. The fourth-order valence-corrected chi connectivity index (χ4v) is 5.90. The summed E-state index contributed by atoms with van der Waals surface area (Å²) in [6.07, 6.45) is 4.54. The van der Waals surface area contributed by atoms with Gasteiger partial charge in [-0.2, -0.15) is 0 Å². The molecule has 1 aliphatic rings. The number of aryl methyl sites for hydroxylation is 1. The van der Waals surface area contributed by atoms with E-state index in [0.717, 1.165) is 30.7 Å². The zero-order valence-corrected chi connectivity index (χ0v) is 24.9. The van der Waals surface area contributed by atoms with Gasteiger partial charge >= 0.3 is 5.97 Å². The normalized spacial score (nSPS) is 15.1. The summed E-state index contributed by atoms with van der Waals surface area (Å²) in [5, 5.41) is 2.84. The van der Waals surface area contributed by atoms with Crippen molar-refractivity contribution in [2.75, 3.05) is 37.5 Å². The molecule has 1 aliphatic heterocycles. The molecule has 0 spiro atoms. The van der Waals surface area contributed by atoms with Crippen LogP contribution in [0, 0.1) is 6.92 Å². The van der Waals surface area contributed by atoms with E-state index in [1.54, 1.807) is 13.0 Å². The summed E-state index contributed by atoms with van der Waals surface area (Å²) in [6.45, 7) is 5.85. The average molecular weight is 597 g/mol. The standard InChI is InChI=1S/C30H36N4O7S/c1-4-40-26-9-5-6-10-27(26)41-24-8-7-14-34(20-24)30-32-18-23(19-33-30)29(36)31-17-22-11-12-25(16-21(22)2)42(37,38)15-13-28(35)39-3/h5-6,9-12,16,18-19,24H,4,7-8,13-15,17,20H2,1-3H3,(H,31,36). The Hall–Kier alpha value is -4.19. The molecule has 1 atom stereocenters. The highest BCUT2D eigenvalue weighted by Crippen LogP contribution is 2.29. The Kier molecular flexibility index (Phi) is 10.3. The molecule has 1 fully saturated rings. The van der Waals surface area contributed by atoms with Gasteiger partial charge in [-0.25, -0.2) is 18.4 Å². The zero-order chi connectivity index (χ0) is 30.1. The van der Waals surface area contributed by atoms with E-state index in [0.29, 0.717) is 36.0 Å². The highest BCUT2D eigenvalue weighted by Gasteiger charge is 2.24. The van der Waals surface area contributed by atoms with Crippen molar-refractivity contribution in [3.8, 4) is 11.5 Å². The molecule has 0 radical (unpaired) electrons. The van der Waals surface area contributed by atoms with Gasteiger partial charge < -0.3 is 24.4 Å². The first-order valence-corrected chi connectivity index (χ1v) is 15.5. The maximum atomic E-state index is 12.8. The predicted octanol–water partition coefficient (Wildman–Crippen LogP) is 3.50. The van der Waals surface area contributed by atoms with Gasteiger partial charge in [-0.05, 0) is 62.1 Å². The second-order valence-electron chi connectivity index (χ2n) is 9.90. The first-order valence-electron chi connectivity index (χ1n) is 13.8. The van der Waals surface area contributed by atoms with Crippen LogP contribution in [0.3, 0.4) is 0 Å². The van der Waals surface area contributed by atoms with E-state index < -0.39 is 15.8 Å². The van der Waals surface area contributed by atoms with Gasteiger partial charge in [-0.1, -0.05) is 18.2 Å². The van der Waals surface area contributed by atoms with Gasteiger partial charge in [0.1, 0.15) is 6.10 Å². The summed E-state index contributed by atoms with van der Waals surface area (Å²) >= 11 is 0. The van der Waals surface area contributed by atoms with E-state index in [1.165, 1.54) is 31.6 Å². The van der Waals surface area contributed by atoms with E-state index in [1.807, 2.05) is 36.1 Å². The number of carbonyl (C=O) groups is 2. The molecule has 2 aromatic carbocycles. The summed E-state index contributed by atoms with van der Waals surface area (Å²) in [5.74, 6) is 0.693. The molecule has 1 saturated heterocycles. The minimum atomic E-state index is -3.64. The number of benzene rings is 2. The SMILES string of the molecule is CCOc1ccccc1OC1CCCN(c2ncc(C(=O)NCc3ccc(S(=O)(=O)CCC(=O)OC)cc3C)cn2)C1. The maximum absolute atomic E-state index is 12.8. The van der Waals surface area contributed by atoms with Crippen LogP contribution < -0.4 is 19.7 Å². The van der Waals surface area contributed by atoms with E-state index in [-0.39, 0.29) is 35.6 Å². The number of ether oxygens (including phenoxy) is 3. The van der Waals surface area contributed by atoms with Crippen LogP contribution in [0.25, 0.3) is 0 Å². The molecular weight excluding hydrogens is 560 g/mol. The van der Waals surface area contributed by atoms with Crippen LogP contribution in [-0.4, -0.2) is 68.9 Å². The Morgan fingerprint density at radius 3 is 2.52 bits per heavy atom.